The lowest BCUT2D eigenvalue weighted by molar-refractivity contribution is 0.170. The Hall–Kier alpha value is -3.13. The van der Waals surface area contributed by atoms with Gasteiger partial charge in [0.25, 0.3) is 0 Å². The zero-order valence-electron chi connectivity index (χ0n) is 18.2. The molecule has 1 atom stereocenters. The number of fused-ring (bicyclic) bond motifs is 2. The number of hydrogen-bond donors (Lipinski definition) is 0. The fourth-order valence-corrected chi connectivity index (χ4v) is 4.49. The maximum Gasteiger partial charge on any atom is 0.231 e. The van der Waals surface area contributed by atoms with Crippen molar-refractivity contribution >= 4 is 0 Å². The van der Waals surface area contributed by atoms with Crippen molar-refractivity contribution in [2.45, 2.75) is 38.6 Å². The predicted octanol–water partition coefficient (Wildman–Crippen LogP) is 3.32. The number of ether oxygens (including phenoxy) is 3. The van der Waals surface area contributed by atoms with Gasteiger partial charge in [-0.15, -0.1) is 5.10 Å². The Balaban J connectivity index is 1.58. The highest BCUT2D eigenvalue weighted by Crippen LogP contribution is 2.50. The van der Waals surface area contributed by atoms with Crippen molar-refractivity contribution in [1.29, 1.82) is 0 Å². The quantitative estimate of drug-likeness (QED) is 0.604. The summed E-state index contributed by atoms with van der Waals surface area (Å²) >= 11 is 0. The summed E-state index contributed by atoms with van der Waals surface area (Å²) in [6, 6.07) is 10.4. The van der Waals surface area contributed by atoms with Gasteiger partial charge in [-0.05, 0) is 66.1 Å². The summed E-state index contributed by atoms with van der Waals surface area (Å²) < 4.78 is 19.0. The lowest BCUT2D eigenvalue weighted by atomic mass is 9.90. The van der Waals surface area contributed by atoms with Gasteiger partial charge in [0.15, 0.2) is 17.3 Å². The van der Waals surface area contributed by atoms with E-state index in [1.54, 1.807) is 7.11 Å². The summed E-state index contributed by atoms with van der Waals surface area (Å²) in [5.41, 5.74) is 4.49. The van der Waals surface area contributed by atoms with E-state index in [0.29, 0.717) is 11.5 Å². The summed E-state index contributed by atoms with van der Waals surface area (Å²) in [4.78, 5) is 2.25. The van der Waals surface area contributed by atoms with Gasteiger partial charge in [-0.25, -0.2) is 0 Å². The third-order valence-corrected chi connectivity index (χ3v) is 6.13. The lowest BCUT2D eigenvalue weighted by Gasteiger charge is -2.34. The highest BCUT2D eigenvalue weighted by atomic mass is 16.7. The fraction of sp³-hybridized carbons (Fsp3) is 0.435. The van der Waals surface area contributed by atoms with E-state index in [9.17, 15) is 0 Å². The van der Waals surface area contributed by atoms with Gasteiger partial charge < -0.3 is 14.2 Å². The van der Waals surface area contributed by atoms with E-state index in [0.717, 1.165) is 42.2 Å². The van der Waals surface area contributed by atoms with E-state index < -0.39 is 0 Å². The molecule has 1 aromatic heterocycles. The molecule has 0 aliphatic carbocycles. The molecule has 0 amide bonds. The number of rotatable bonds is 6. The van der Waals surface area contributed by atoms with Gasteiger partial charge in [0.1, 0.15) is 6.04 Å². The molecule has 5 rings (SSSR count). The van der Waals surface area contributed by atoms with Crippen LogP contribution in [0.15, 0.2) is 30.3 Å². The number of methoxy groups -OCH3 is 1. The van der Waals surface area contributed by atoms with E-state index in [1.807, 2.05) is 4.68 Å². The molecule has 3 aromatic rings. The maximum absolute atomic E-state index is 5.82. The minimum atomic E-state index is -0.164. The molecule has 0 saturated heterocycles. The molecular weight excluding hydrogens is 394 g/mol. The number of nitrogens with zero attached hydrogens (tertiary/aromatic N) is 5. The molecule has 2 aliphatic rings. The molecule has 0 saturated carbocycles. The minimum Gasteiger partial charge on any atom is -0.492 e. The smallest absolute Gasteiger partial charge is 0.231 e. The SMILES string of the molecule is CCCCc1ccc(-n2nnnc2[C@@H]2c3c(cc4c(c3OC)OCO4)CCN2C)cc1. The number of aromatic nitrogens is 4. The van der Waals surface area contributed by atoms with Crippen molar-refractivity contribution in [3.05, 3.63) is 52.8 Å². The Bertz CT molecular complexity index is 1080. The lowest BCUT2D eigenvalue weighted by Crippen LogP contribution is -2.35. The fourth-order valence-electron chi connectivity index (χ4n) is 4.49. The number of likely N-dealkylation sites (N-methyl/N-ethyl adjacent to an activating group) is 1. The van der Waals surface area contributed by atoms with Gasteiger partial charge >= 0.3 is 0 Å². The maximum atomic E-state index is 5.82. The van der Waals surface area contributed by atoms with Crippen LogP contribution in [0.3, 0.4) is 0 Å². The van der Waals surface area contributed by atoms with E-state index in [4.69, 9.17) is 14.2 Å². The van der Waals surface area contributed by atoms with E-state index in [1.165, 1.54) is 24.0 Å². The molecule has 2 aromatic carbocycles. The van der Waals surface area contributed by atoms with Gasteiger partial charge in [-0.3, -0.25) is 4.90 Å². The van der Waals surface area contributed by atoms with Gasteiger partial charge in [0.2, 0.25) is 12.5 Å². The number of hydrogen-bond acceptors (Lipinski definition) is 7. The summed E-state index contributed by atoms with van der Waals surface area (Å²) in [5.74, 6) is 2.84. The van der Waals surface area contributed by atoms with Crippen molar-refractivity contribution in [2.24, 2.45) is 0 Å². The van der Waals surface area contributed by atoms with Crippen molar-refractivity contribution in [3.8, 4) is 22.9 Å². The molecule has 8 nitrogen and oxygen atoms in total. The Kier molecular flexibility index (Phi) is 5.23. The Labute approximate surface area is 181 Å². The molecule has 0 unspecified atom stereocenters. The first-order valence-corrected chi connectivity index (χ1v) is 10.8. The summed E-state index contributed by atoms with van der Waals surface area (Å²) in [6.45, 7) is 3.29. The minimum absolute atomic E-state index is 0.164. The highest BCUT2D eigenvalue weighted by Gasteiger charge is 2.37. The zero-order valence-corrected chi connectivity index (χ0v) is 18.2. The van der Waals surface area contributed by atoms with Crippen LogP contribution in [0.1, 0.15) is 48.3 Å². The van der Waals surface area contributed by atoms with Crippen LogP contribution < -0.4 is 14.2 Å². The van der Waals surface area contributed by atoms with Crippen molar-refractivity contribution in [3.63, 3.8) is 0 Å². The van der Waals surface area contributed by atoms with Gasteiger partial charge in [-0.2, -0.15) is 4.68 Å². The second-order valence-electron chi connectivity index (χ2n) is 8.07. The van der Waals surface area contributed by atoms with Crippen molar-refractivity contribution in [2.75, 3.05) is 27.5 Å². The average molecular weight is 422 g/mol. The Morgan fingerprint density at radius 3 is 2.81 bits per heavy atom. The van der Waals surface area contributed by atoms with Crippen LogP contribution in [0.4, 0.5) is 0 Å². The van der Waals surface area contributed by atoms with Crippen LogP contribution in [-0.2, 0) is 12.8 Å². The summed E-state index contributed by atoms with van der Waals surface area (Å²) in [7, 11) is 3.76. The Morgan fingerprint density at radius 1 is 1.19 bits per heavy atom. The average Bonchev–Trinajstić information content (AvgIpc) is 3.46. The molecule has 0 fully saturated rings. The Morgan fingerprint density at radius 2 is 2.03 bits per heavy atom. The van der Waals surface area contributed by atoms with Crippen LogP contribution in [0.2, 0.25) is 0 Å². The third-order valence-electron chi connectivity index (χ3n) is 6.13. The molecular formula is C23H27N5O3. The molecule has 31 heavy (non-hydrogen) atoms. The second kappa shape index (κ2) is 8.19. The topological polar surface area (TPSA) is 74.5 Å². The van der Waals surface area contributed by atoms with Crippen molar-refractivity contribution in [1.82, 2.24) is 25.1 Å². The third kappa shape index (κ3) is 3.40. The summed E-state index contributed by atoms with van der Waals surface area (Å²) in [5, 5.41) is 12.8. The number of tetrazole rings is 1. The number of unbranched alkanes of at least 4 members (excludes halogenated alkanes) is 1. The molecule has 0 bridgehead atoms. The summed E-state index contributed by atoms with van der Waals surface area (Å²) in [6.07, 6.45) is 4.35. The standard InChI is InChI=1S/C23H27N5O3/c1-4-5-6-15-7-9-17(10-8-15)28-23(24-25-26-28)20-19-16(11-12-27(20)2)13-18-21(22(19)29-3)31-14-30-18/h7-10,13,20H,4-6,11-12,14H2,1-3H3/t20-/m0/s1. The van der Waals surface area contributed by atoms with Crippen LogP contribution in [0.5, 0.6) is 17.2 Å². The normalized spacial score (nSPS) is 17.6. The van der Waals surface area contributed by atoms with Gasteiger partial charge in [0.05, 0.1) is 12.8 Å². The molecule has 162 valence electrons. The molecule has 0 radical (unpaired) electrons. The molecule has 2 aliphatic heterocycles. The van der Waals surface area contributed by atoms with Gasteiger partial charge in [-0.1, -0.05) is 25.5 Å². The molecule has 8 heteroatoms. The zero-order chi connectivity index (χ0) is 21.4. The van der Waals surface area contributed by atoms with Crippen molar-refractivity contribution < 1.29 is 14.2 Å². The molecule has 0 N–H and O–H groups in total. The predicted molar refractivity (Wildman–Crippen MR) is 115 cm³/mol. The number of aryl methyl sites for hydroxylation is 1. The van der Waals surface area contributed by atoms with Crippen LogP contribution in [-0.4, -0.2) is 52.6 Å². The van der Waals surface area contributed by atoms with E-state index in [2.05, 4.69) is 64.7 Å². The van der Waals surface area contributed by atoms with Gasteiger partial charge in [0, 0.05) is 12.1 Å². The first-order valence-electron chi connectivity index (χ1n) is 10.8. The van der Waals surface area contributed by atoms with Crippen LogP contribution in [0, 0.1) is 0 Å². The molecule has 3 heterocycles. The highest BCUT2D eigenvalue weighted by molar-refractivity contribution is 5.62. The van der Waals surface area contributed by atoms with Crippen LogP contribution >= 0.6 is 0 Å². The first-order chi connectivity index (χ1) is 15.2. The number of benzene rings is 2. The second-order valence-corrected chi connectivity index (χ2v) is 8.07. The van der Waals surface area contributed by atoms with E-state index in [-0.39, 0.29) is 12.8 Å². The molecule has 0 spiro atoms. The largest absolute Gasteiger partial charge is 0.492 e. The monoisotopic (exact) mass is 421 g/mol. The van der Waals surface area contributed by atoms with Crippen LogP contribution in [0.25, 0.3) is 5.69 Å². The first kappa shape index (κ1) is 19.8. The van der Waals surface area contributed by atoms with E-state index >= 15 is 0 Å².